The maximum Gasteiger partial charge on any atom is 0.420 e. The SMILES string of the molecule is O=C(Cc1cn2cc(-c3ccoc3)cc(C(F)(F)F)c2n1)N1CC=C(c2nccs2)C1. The Bertz CT molecular complexity index is 1270. The number of carbonyl (C=O) groups is 1. The van der Waals surface area contributed by atoms with E-state index in [4.69, 9.17) is 4.42 Å². The molecule has 4 aromatic heterocycles. The molecule has 10 heteroatoms. The minimum absolute atomic E-state index is 0.0843. The number of furan rings is 1. The molecule has 0 fully saturated rings. The Hall–Kier alpha value is -3.40. The number of thiazole rings is 1. The number of pyridine rings is 1. The number of imidazole rings is 1. The monoisotopic (exact) mass is 444 g/mol. The van der Waals surface area contributed by atoms with Crippen molar-refractivity contribution < 1.29 is 22.4 Å². The fourth-order valence-corrected chi connectivity index (χ4v) is 4.25. The molecule has 1 amide bonds. The van der Waals surface area contributed by atoms with E-state index in [9.17, 15) is 18.0 Å². The first-order chi connectivity index (χ1) is 14.9. The summed E-state index contributed by atoms with van der Waals surface area (Å²) in [6, 6.07) is 2.63. The van der Waals surface area contributed by atoms with Crippen LogP contribution in [0.1, 0.15) is 16.3 Å². The van der Waals surface area contributed by atoms with Gasteiger partial charge in [0.25, 0.3) is 0 Å². The highest BCUT2D eigenvalue weighted by Gasteiger charge is 2.35. The zero-order chi connectivity index (χ0) is 21.6. The highest BCUT2D eigenvalue weighted by Crippen LogP contribution is 2.35. The van der Waals surface area contributed by atoms with Crippen LogP contribution in [0.4, 0.5) is 13.2 Å². The van der Waals surface area contributed by atoms with Crippen molar-refractivity contribution >= 4 is 28.5 Å². The first-order valence-corrected chi connectivity index (χ1v) is 10.2. The summed E-state index contributed by atoms with van der Waals surface area (Å²) in [6.45, 7) is 0.873. The van der Waals surface area contributed by atoms with Gasteiger partial charge in [0.05, 0.1) is 30.2 Å². The standard InChI is InChI=1S/C21H15F3N4O2S/c22-21(23,24)17-7-15(14-2-5-30-12-14)10-28-11-16(26-19(17)28)8-18(29)27-4-1-13(9-27)20-25-3-6-31-20/h1-3,5-7,10-12H,4,8-9H2. The second-order valence-electron chi connectivity index (χ2n) is 7.13. The number of hydrogen-bond acceptors (Lipinski definition) is 5. The molecule has 1 aliphatic rings. The molecule has 0 radical (unpaired) electrons. The molecule has 0 saturated carbocycles. The van der Waals surface area contributed by atoms with Gasteiger partial charge < -0.3 is 13.7 Å². The molecule has 5 rings (SSSR count). The molecule has 0 aromatic carbocycles. The summed E-state index contributed by atoms with van der Waals surface area (Å²) in [5.41, 5.74) is 1.03. The predicted molar refractivity (Wildman–Crippen MR) is 108 cm³/mol. The van der Waals surface area contributed by atoms with Gasteiger partial charge in [0.1, 0.15) is 10.7 Å². The number of carbonyl (C=O) groups excluding carboxylic acids is 1. The zero-order valence-corrected chi connectivity index (χ0v) is 16.8. The van der Waals surface area contributed by atoms with Gasteiger partial charge in [0.15, 0.2) is 0 Å². The first kappa shape index (κ1) is 19.6. The van der Waals surface area contributed by atoms with Gasteiger partial charge in [-0.05, 0) is 12.1 Å². The second kappa shape index (κ2) is 7.38. The van der Waals surface area contributed by atoms with Crippen molar-refractivity contribution in [1.29, 1.82) is 0 Å². The molecular weight excluding hydrogens is 429 g/mol. The smallest absolute Gasteiger partial charge is 0.420 e. The lowest BCUT2D eigenvalue weighted by Crippen LogP contribution is -2.30. The lowest BCUT2D eigenvalue weighted by atomic mass is 10.1. The Morgan fingerprint density at radius 1 is 1.26 bits per heavy atom. The number of hydrogen-bond donors (Lipinski definition) is 0. The van der Waals surface area contributed by atoms with Crippen LogP contribution in [0, 0.1) is 0 Å². The first-order valence-electron chi connectivity index (χ1n) is 9.36. The van der Waals surface area contributed by atoms with E-state index >= 15 is 0 Å². The van der Waals surface area contributed by atoms with Crippen molar-refractivity contribution in [2.45, 2.75) is 12.6 Å². The van der Waals surface area contributed by atoms with Crippen molar-refractivity contribution in [2.75, 3.05) is 13.1 Å². The molecule has 4 aromatic rings. The molecule has 0 N–H and O–H groups in total. The molecule has 158 valence electrons. The Kier molecular flexibility index (Phi) is 4.66. The highest BCUT2D eigenvalue weighted by atomic mass is 32.1. The number of rotatable bonds is 4. The number of alkyl halides is 3. The van der Waals surface area contributed by atoms with E-state index in [2.05, 4.69) is 9.97 Å². The van der Waals surface area contributed by atoms with Crippen LogP contribution in [0.25, 0.3) is 22.3 Å². The summed E-state index contributed by atoms with van der Waals surface area (Å²) in [5, 5.41) is 2.73. The second-order valence-corrected chi connectivity index (χ2v) is 8.03. The van der Waals surface area contributed by atoms with Crippen LogP contribution in [0.3, 0.4) is 0 Å². The summed E-state index contributed by atoms with van der Waals surface area (Å²) < 4.78 is 47.3. The van der Waals surface area contributed by atoms with Crippen molar-refractivity contribution in [3.63, 3.8) is 0 Å². The number of nitrogens with zero attached hydrogens (tertiary/aromatic N) is 4. The molecule has 0 bridgehead atoms. The van der Waals surface area contributed by atoms with Crippen molar-refractivity contribution in [3.8, 4) is 11.1 Å². The van der Waals surface area contributed by atoms with Gasteiger partial charge in [-0.25, -0.2) is 9.97 Å². The summed E-state index contributed by atoms with van der Waals surface area (Å²) >= 11 is 1.50. The van der Waals surface area contributed by atoms with Gasteiger partial charge in [0, 0.05) is 53.8 Å². The van der Waals surface area contributed by atoms with E-state index in [0.717, 1.165) is 16.6 Å². The van der Waals surface area contributed by atoms with Gasteiger partial charge in [-0.1, -0.05) is 6.08 Å². The summed E-state index contributed by atoms with van der Waals surface area (Å²) in [6.07, 6.45) is 4.77. The molecule has 0 spiro atoms. The van der Waals surface area contributed by atoms with E-state index in [0.29, 0.717) is 24.2 Å². The minimum atomic E-state index is -4.59. The third-order valence-corrected chi connectivity index (χ3v) is 5.92. The van der Waals surface area contributed by atoms with E-state index < -0.39 is 11.7 Å². The van der Waals surface area contributed by atoms with E-state index in [1.54, 1.807) is 23.4 Å². The number of halogens is 3. The molecule has 0 atom stereocenters. The largest absolute Gasteiger partial charge is 0.472 e. The van der Waals surface area contributed by atoms with Crippen molar-refractivity contribution in [2.24, 2.45) is 0 Å². The maximum absolute atomic E-state index is 13.7. The number of aromatic nitrogens is 3. The average Bonchev–Trinajstić information content (AvgIpc) is 3.53. The third kappa shape index (κ3) is 3.74. The molecule has 0 saturated heterocycles. The van der Waals surface area contributed by atoms with Crippen LogP contribution in [0.15, 0.2) is 59.1 Å². The quantitative estimate of drug-likeness (QED) is 0.464. The molecule has 6 nitrogen and oxygen atoms in total. The Labute approximate surface area is 178 Å². The summed E-state index contributed by atoms with van der Waals surface area (Å²) in [7, 11) is 0. The molecule has 31 heavy (non-hydrogen) atoms. The highest BCUT2D eigenvalue weighted by molar-refractivity contribution is 7.10. The van der Waals surface area contributed by atoms with Crippen molar-refractivity contribution in [3.05, 3.63) is 71.0 Å². The topological polar surface area (TPSA) is 63.6 Å². The summed E-state index contributed by atoms with van der Waals surface area (Å²) in [4.78, 5) is 22.8. The minimum Gasteiger partial charge on any atom is -0.472 e. The predicted octanol–water partition coefficient (Wildman–Crippen LogP) is 4.54. The van der Waals surface area contributed by atoms with Crippen LogP contribution in [-0.4, -0.2) is 38.3 Å². The van der Waals surface area contributed by atoms with Crippen LogP contribution >= 0.6 is 11.3 Å². The van der Waals surface area contributed by atoms with Gasteiger partial charge in [-0.3, -0.25) is 4.79 Å². The van der Waals surface area contributed by atoms with Gasteiger partial charge in [-0.15, -0.1) is 11.3 Å². The molecule has 0 unspecified atom stereocenters. The molecule has 5 heterocycles. The molecule has 1 aliphatic heterocycles. The third-order valence-electron chi connectivity index (χ3n) is 5.07. The van der Waals surface area contributed by atoms with Crippen molar-refractivity contribution in [1.82, 2.24) is 19.3 Å². The Morgan fingerprint density at radius 2 is 2.13 bits per heavy atom. The molecular formula is C21H15F3N4O2S. The normalized spacial score (nSPS) is 14.4. The van der Waals surface area contributed by atoms with Gasteiger partial charge >= 0.3 is 6.18 Å². The van der Waals surface area contributed by atoms with E-state index in [1.165, 1.54) is 34.5 Å². The average molecular weight is 444 g/mol. The number of amides is 1. The Morgan fingerprint density at radius 3 is 2.84 bits per heavy atom. The fraction of sp³-hybridized carbons (Fsp3) is 0.190. The zero-order valence-electron chi connectivity index (χ0n) is 16.0. The molecule has 0 aliphatic carbocycles. The lowest BCUT2D eigenvalue weighted by molar-refractivity contribution is -0.136. The fourth-order valence-electron chi connectivity index (χ4n) is 3.58. The summed E-state index contributed by atoms with van der Waals surface area (Å²) in [5.74, 6) is -0.199. The van der Waals surface area contributed by atoms with Crippen LogP contribution < -0.4 is 0 Å². The number of fused-ring (bicyclic) bond motifs is 1. The lowest BCUT2D eigenvalue weighted by Gasteiger charge is -2.15. The van der Waals surface area contributed by atoms with Crippen LogP contribution in [-0.2, 0) is 17.4 Å². The van der Waals surface area contributed by atoms with Gasteiger partial charge in [-0.2, -0.15) is 13.2 Å². The van der Waals surface area contributed by atoms with E-state index in [1.807, 2.05) is 11.5 Å². The Balaban J connectivity index is 1.41. The van der Waals surface area contributed by atoms with Crippen LogP contribution in [0.2, 0.25) is 0 Å². The van der Waals surface area contributed by atoms with Crippen LogP contribution in [0.5, 0.6) is 0 Å². The van der Waals surface area contributed by atoms with E-state index in [-0.39, 0.29) is 23.7 Å². The van der Waals surface area contributed by atoms with Gasteiger partial charge in [0.2, 0.25) is 5.91 Å². The maximum atomic E-state index is 13.7.